The number of rotatable bonds is 7. The van der Waals surface area contributed by atoms with Crippen molar-refractivity contribution >= 4 is 16.5 Å². The van der Waals surface area contributed by atoms with Gasteiger partial charge in [0.2, 0.25) is 0 Å². The van der Waals surface area contributed by atoms with Gasteiger partial charge in [0, 0.05) is 18.3 Å². The molecule has 1 rings (SSSR count). The predicted molar refractivity (Wildman–Crippen MR) is 62.9 cm³/mol. The maximum atomic E-state index is 5.45. The summed E-state index contributed by atoms with van der Waals surface area (Å²) in [5.41, 5.74) is 6.56. The Morgan fingerprint density at radius 3 is 3.07 bits per heavy atom. The summed E-state index contributed by atoms with van der Waals surface area (Å²) >= 11 is 1.67. The van der Waals surface area contributed by atoms with Crippen molar-refractivity contribution in [1.82, 2.24) is 4.98 Å². The number of unbranched alkanes of at least 4 members (excludes halogenated alkanes) is 2. The normalized spacial score (nSPS) is 10.4. The molecule has 0 amide bonds. The summed E-state index contributed by atoms with van der Waals surface area (Å²) in [5.74, 6) is 0. The Morgan fingerprint density at radius 1 is 1.50 bits per heavy atom. The second kappa shape index (κ2) is 6.79. The van der Waals surface area contributed by atoms with Crippen LogP contribution >= 0.6 is 11.3 Å². The van der Waals surface area contributed by atoms with Crippen LogP contribution in [-0.2, 0) is 6.42 Å². The lowest BCUT2D eigenvalue weighted by Crippen LogP contribution is -2.04. The van der Waals surface area contributed by atoms with E-state index in [9.17, 15) is 0 Å². The molecule has 1 aromatic heterocycles. The third kappa shape index (κ3) is 4.07. The molecule has 0 aliphatic rings. The zero-order valence-electron chi connectivity index (χ0n) is 8.75. The van der Waals surface area contributed by atoms with E-state index in [2.05, 4.69) is 22.6 Å². The molecule has 80 valence electrons. The molecular weight excluding hydrogens is 194 g/mol. The predicted octanol–water partition coefficient (Wildman–Crippen LogP) is 2.25. The van der Waals surface area contributed by atoms with Gasteiger partial charge in [-0.1, -0.05) is 19.8 Å². The van der Waals surface area contributed by atoms with Gasteiger partial charge >= 0.3 is 0 Å². The lowest BCUT2D eigenvalue weighted by molar-refractivity contribution is 0.743. The molecular formula is C10H19N3S. The monoisotopic (exact) mass is 213 g/mol. The minimum atomic E-state index is 0.680. The fraction of sp³-hybridized carbons (Fsp3) is 0.700. The molecule has 14 heavy (non-hydrogen) atoms. The quantitative estimate of drug-likeness (QED) is 0.683. The van der Waals surface area contributed by atoms with Gasteiger partial charge < -0.3 is 11.1 Å². The number of thiazole rings is 1. The third-order valence-electron chi connectivity index (χ3n) is 2.01. The first-order valence-electron chi connectivity index (χ1n) is 5.25. The molecule has 0 spiro atoms. The minimum Gasteiger partial charge on any atom is -0.362 e. The van der Waals surface area contributed by atoms with Crippen LogP contribution in [0.3, 0.4) is 0 Å². The highest BCUT2D eigenvalue weighted by atomic mass is 32.1. The SMILES string of the molecule is CCCCCNc1nc(CCN)cs1. The van der Waals surface area contributed by atoms with E-state index in [-0.39, 0.29) is 0 Å². The highest BCUT2D eigenvalue weighted by Crippen LogP contribution is 2.15. The van der Waals surface area contributed by atoms with Crippen LogP contribution in [0.1, 0.15) is 31.9 Å². The van der Waals surface area contributed by atoms with E-state index in [1.54, 1.807) is 11.3 Å². The molecule has 1 aromatic rings. The van der Waals surface area contributed by atoms with Gasteiger partial charge in [-0.25, -0.2) is 4.98 Å². The first-order valence-corrected chi connectivity index (χ1v) is 6.13. The summed E-state index contributed by atoms with van der Waals surface area (Å²) in [6.45, 7) is 3.92. The lowest BCUT2D eigenvalue weighted by Gasteiger charge is -2.00. The standard InChI is InChI=1S/C10H19N3S/c1-2-3-4-7-12-10-13-9(5-6-11)8-14-10/h8H,2-7,11H2,1H3,(H,12,13). The van der Waals surface area contributed by atoms with Gasteiger partial charge in [-0.2, -0.15) is 0 Å². The van der Waals surface area contributed by atoms with Gasteiger partial charge in [0.05, 0.1) is 5.69 Å². The van der Waals surface area contributed by atoms with Crippen LogP contribution in [0, 0.1) is 0 Å². The number of nitrogens with zero attached hydrogens (tertiary/aromatic N) is 1. The lowest BCUT2D eigenvalue weighted by atomic mass is 10.2. The minimum absolute atomic E-state index is 0.680. The number of nitrogens with one attached hydrogen (secondary N) is 1. The van der Waals surface area contributed by atoms with E-state index in [0.717, 1.165) is 23.8 Å². The van der Waals surface area contributed by atoms with Crippen LogP contribution < -0.4 is 11.1 Å². The average molecular weight is 213 g/mol. The summed E-state index contributed by atoms with van der Waals surface area (Å²) < 4.78 is 0. The molecule has 3 nitrogen and oxygen atoms in total. The second-order valence-corrected chi connectivity index (χ2v) is 4.17. The average Bonchev–Trinajstić information content (AvgIpc) is 2.61. The van der Waals surface area contributed by atoms with Crippen LogP contribution in [0.4, 0.5) is 5.13 Å². The molecule has 0 atom stereocenters. The molecule has 3 N–H and O–H groups in total. The van der Waals surface area contributed by atoms with E-state index in [4.69, 9.17) is 5.73 Å². The van der Waals surface area contributed by atoms with E-state index < -0.39 is 0 Å². The number of hydrogen-bond donors (Lipinski definition) is 2. The van der Waals surface area contributed by atoms with E-state index >= 15 is 0 Å². The van der Waals surface area contributed by atoms with Crippen LogP contribution in [0.15, 0.2) is 5.38 Å². The zero-order valence-corrected chi connectivity index (χ0v) is 9.57. The topological polar surface area (TPSA) is 50.9 Å². The van der Waals surface area contributed by atoms with Crippen molar-refractivity contribution in [2.45, 2.75) is 32.6 Å². The maximum absolute atomic E-state index is 5.45. The van der Waals surface area contributed by atoms with Crippen molar-refractivity contribution in [1.29, 1.82) is 0 Å². The van der Waals surface area contributed by atoms with Crippen molar-refractivity contribution in [2.24, 2.45) is 5.73 Å². The summed E-state index contributed by atoms with van der Waals surface area (Å²) in [4.78, 5) is 4.43. The van der Waals surface area contributed by atoms with Crippen molar-refractivity contribution in [2.75, 3.05) is 18.4 Å². The maximum Gasteiger partial charge on any atom is 0.182 e. The molecule has 0 aliphatic heterocycles. The molecule has 0 saturated carbocycles. The first-order chi connectivity index (χ1) is 6.86. The van der Waals surface area contributed by atoms with E-state index in [0.29, 0.717) is 6.54 Å². The Hall–Kier alpha value is -0.610. The van der Waals surface area contributed by atoms with Crippen molar-refractivity contribution < 1.29 is 0 Å². The number of nitrogens with two attached hydrogens (primary N) is 1. The number of anilines is 1. The summed E-state index contributed by atoms with van der Waals surface area (Å²) in [6, 6.07) is 0. The van der Waals surface area contributed by atoms with Gasteiger partial charge in [0.15, 0.2) is 5.13 Å². The Kier molecular flexibility index (Phi) is 5.56. The summed E-state index contributed by atoms with van der Waals surface area (Å²) in [6.07, 6.45) is 4.65. The fourth-order valence-electron chi connectivity index (χ4n) is 1.22. The number of hydrogen-bond acceptors (Lipinski definition) is 4. The second-order valence-electron chi connectivity index (χ2n) is 3.32. The molecule has 0 bridgehead atoms. The first kappa shape index (κ1) is 11.5. The Labute approximate surface area is 89.7 Å². The van der Waals surface area contributed by atoms with Gasteiger partial charge in [-0.15, -0.1) is 11.3 Å². The van der Waals surface area contributed by atoms with Crippen LogP contribution in [0.2, 0.25) is 0 Å². The van der Waals surface area contributed by atoms with E-state index in [1.165, 1.54) is 19.3 Å². The fourth-order valence-corrected chi connectivity index (χ4v) is 1.99. The van der Waals surface area contributed by atoms with Gasteiger partial charge in [-0.05, 0) is 13.0 Å². The van der Waals surface area contributed by atoms with Crippen LogP contribution in [0.25, 0.3) is 0 Å². The Balaban J connectivity index is 2.22. The molecule has 0 radical (unpaired) electrons. The third-order valence-corrected chi connectivity index (χ3v) is 2.86. The molecule has 1 heterocycles. The molecule has 4 heteroatoms. The van der Waals surface area contributed by atoms with Crippen molar-refractivity contribution in [3.8, 4) is 0 Å². The molecule has 0 unspecified atom stereocenters. The largest absolute Gasteiger partial charge is 0.362 e. The molecule has 0 saturated heterocycles. The van der Waals surface area contributed by atoms with Gasteiger partial charge in [0.1, 0.15) is 0 Å². The molecule has 0 aliphatic carbocycles. The smallest absolute Gasteiger partial charge is 0.182 e. The van der Waals surface area contributed by atoms with Gasteiger partial charge in [-0.3, -0.25) is 0 Å². The Bertz CT molecular complexity index is 247. The Morgan fingerprint density at radius 2 is 2.36 bits per heavy atom. The summed E-state index contributed by atoms with van der Waals surface area (Å²) in [7, 11) is 0. The van der Waals surface area contributed by atoms with E-state index in [1.807, 2.05) is 0 Å². The van der Waals surface area contributed by atoms with Crippen molar-refractivity contribution in [3.05, 3.63) is 11.1 Å². The van der Waals surface area contributed by atoms with Gasteiger partial charge in [0.25, 0.3) is 0 Å². The number of aromatic nitrogens is 1. The van der Waals surface area contributed by atoms with Crippen LogP contribution in [0.5, 0.6) is 0 Å². The van der Waals surface area contributed by atoms with Crippen LogP contribution in [-0.4, -0.2) is 18.1 Å². The highest BCUT2D eigenvalue weighted by Gasteiger charge is 1.99. The summed E-state index contributed by atoms with van der Waals surface area (Å²) in [5, 5.41) is 6.44. The molecule has 0 fully saturated rings. The van der Waals surface area contributed by atoms with Crippen molar-refractivity contribution in [3.63, 3.8) is 0 Å². The highest BCUT2D eigenvalue weighted by molar-refractivity contribution is 7.13. The zero-order chi connectivity index (χ0) is 10.2. The molecule has 0 aromatic carbocycles.